The van der Waals surface area contributed by atoms with Gasteiger partial charge in [0.15, 0.2) is 0 Å². The Morgan fingerprint density at radius 3 is 2.29 bits per heavy atom. The average molecular weight is 297 g/mol. The van der Waals surface area contributed by atoms with Crippen molar-refractivity contribution in [2.75, 3.05) is 19.6 Å². The first-order valence-electron chi connectivity index (χ1n) is 9.52. The fourth-order valence-electron chi connectivity index (χ4n) is 3.47. The summed E-state index contributed by atoms with van der Waals surface area (Å²) in [7, 11) is 0. The summed E-state index contributed by atoms with van der Waals surface area (Å²) < 4.78 is 0. The summed E-state index contributed by atoms with van der Waals surface area (Å²) in [6.45, 7) is 15.5. The van der Waals surface area contributed by atoms with Gasteiger partial charge in [-0.15, -0.1) is 0 Å². The molecule has 1 aliphatic heterocycles. The third kappa shape index (κ3) is 7.65. The van der Waals surface area contributed by atoms with Crippen LogP contribution in [-0.2, 0) is 0 Å². The molecule has 0 aliphatic carbocycles. The van der Waals surface area contributed by atoms with Crippen LogP contribution in [0.25, 0.3) is 0 Å². The van der Waals surface area contributed by atoms with Gasteiger partial charge in [0.2, 0.25) is 0 Å². The van der Waals surface area contributed by atoms with E-state index in [1.807, 2.05) is 0 Å². The predicted molar refractivity (Wildman–Crippen MR) is 94.8 cm³/mol. The van der Waals surface area contributed by atoms with E-state index in [0.29, 0.717) is 6.04 Å². The van der Waals surface area contributed by atoms with Crippen LogP contribution < -0.4 is 5.32 Å². The molecule has 1 N–H and O–H groups in total. The zero-order chi connectivity index (χ0) is 15.7. The molecule has 2 nitrogen and oxygen atoms in total. The second kappa shape index (κ2) is 10.6. The van der Waals surface area contributed by atoms with E-state index in [-0.39, 0.29) is 0 Å². The normalized spacial score (nSPS) is 24.1. The lowest BCUT2D eigenvalue weighted by molar-refractivity contribution is 0.0973. The second-order valence-electron chi connectivity index (χ2n) is 7.80. The highest BCUT2D eigenvalue weighted by Crippen LogP contribution is 2.19. The molecule has 1 heterocycles. The van der Waals surface area contributed by atoms with Crippen LogP contribution in [-0.4, -0.2) is 36.6 Å². The van der Waals surface area contributed by atoms with E-state index in [1.165, 1.54) is 64.6 Å². The summed E-state index contributed by atoms with van der Waals surface area (Å²) in [5.74, 6) is 1.55. The van der Waals surface area contributed by atoms with Crippen molar-refractivity contribution in [3.8, 4) is 0 Å². The van der Waals surface area contributed by atoms with Crippen molar-refractivity contribution in [1.29, 1.82) is 0 Å². The maximum absolute atomic E-state index is 3.78. The molecule has 1 aliphatic rings. The standard InChI is InChI=1S/C19H40N2/c1-6-7-8-9-10-11-12-21-15-19(17(4)5)20-14-18(21)13-16(2)3/h16-20H,6-15H2,1-5H3. The minimum Gasteiger partial charge on any atom is -0.311 e. The lowest BCUT2D eigenvalue weighted by atomic mass is 9.94. The lowest BCUT2D eigenvalue weighted by Gasteiger charge is -2.42. The molecule has 1 saturated heterocycles. The van der Waals surface area contributed by atoms with Crippen LogP contribution in [0.2, 0.25) is 0 Å². The first-order chi connectivity index (χ1) is 10.0. The summed E-state index contributed by atoms with van der Waals surface area (Å²) in [6.07, 6.45) is 9.79. The monoisotopic (exact) mass is 296 g/mol. The van der Waals surface area contributed by atoms with E-state index < -0.39 is 0 Å². The van der Waals surface area contributed by atoms with Crippen LogP contribution in [0.4, 0.5) is 0 Å². The van der Waals surface area contributed by atoms with Gasteiger partial charge in [0.1, 0.15) is 0 Å². The van der Waals surface area contributed by atoms with Gasteiger partial charge in [-0.05, 0) is 31.2 Å². The highest BCUT2D eigenvalue weighted by molar-refractivity contribution is 4.87. The first kappa shape index (κ1) is 19.0. The number of hydrogen-bond acceptors (Lipinski definition) is 2. The molecule has 0 aromatic heterocycles. The molecule has 0 amide bonds. The van der Waals surface area contributed by atoms with E-state index in [9.17, 15) is 0 Å². The molecule has 0 bridgehead atoms. The van der Waals surface area contributed by atoms with Gasteiger partial charge in [-0.25, -0.2) is 0 Å². The quantitative estimate of drug-likeness (QED) is 0.588. The van der Waals surface area contributed by atoms with Gasteiger partial charge >= 0.3 is 0 Å². The minimum absolute atomic E-state index is 0.688. The van der Waals surface area contributed by atoms with Crippen LogP contribution in [0, 0.1) is 11.8 Å². The van der Waals surface area contributed by atoms with E-state index >= 15 is 0 Å². The van der Waals surface area contributed by atoms with Crippen molar-refractivity contribution < 1.29 is 0 Å². The molecule has 21 heavy (non-hydrogen) atoms. The smallest absolute Gasteiger partial charge is 0.0223 e. The Hall–Kier alpha value is -0.0800. The summed E-state index contributed by atoms with van der Waals surface area (Å²) in [5.41, 5.74) is 0. The SMILES string of the molecule is CCCCCCCCN1CC(C(C)C)NCC1CC(C)C. The lowest BCUT2D eigenvalue weighted by Crippen LogP contribution is -2.58. The molecule has 1 fully saturated rings. The molecular formula is C19H40N2. The van der Waals surface area contributed by atoms with Crippen molar-refractivity contribution in [3.05, 3.63) is 0 Å². The van der Waals surface area contributed by atoms with E-state index in [4.69, 9.17) is 0 Å². The molecule has 126 valence electrons. The van der Waals surface area contributed by atoms with Gasteiger partial charge in [-0.3, -0.25) is 4.90 Å². The highest BCUT2D eigenvalue weighted by atomic mass is 15.2. The largest absolute Gasteiger partial charge is 0.311 e. The maximum Gasteiger partial charge on any atom is 0.0223 e. The summed E-state index contributed by atoms with van der Waals surface area (Å²) in [5, 5.41) is 3.78. The molecular weight excluding hydrogens is 256 g/mol. The Morgan fingerprint density at radius 2 is 1.67 bits per heavy atom. The Balaban J connectivity index is 2.35. The molecule has 2 unspecified atom stereocenters. The third-order valence-electron chi connectivity index (χ3n) is 4.91. The number of rotatable bonds is 10. The zero-order valence-corrected chi connectivity index (χ0v) is 15.3. The Morgan fingerprint density at radius 1 is 1.00 bits per heavy atom. The van der Waals surface area contributed by atoms with Crippen molar-refractivity contribution in [2.24, 2.45) is 11.8 Å². The molecule has 0 radical (unpaired) electrons. The van der Waals surface area contributed by atoms with Gasteiger partial charge in [-0.2, -0.15) is 0 Å². The Labute approximate surface area is 134 Å². The topological polar surface area (TPSA) is 15.3 Å². The van der Waals surface area contributed by atoms with Crippen LogP contribution in [0.3, 0.4) is 0 Å². The average Bonchev–Trinajstić information content (AvgIpc) is 2.43. The van der Waals surface area contributed by atoms with Gasteiger partial charge < -0.3 is 5.32 Å². The number of nitrogens with one attached hydrogen (secondary N) is 1. The van der Waals surface area contributed by atoms with Crippen molar-refractivity contribution in [1.82, 2.24) is 10.2 Å². The second-order valence-corrected chi connectivity index (χ2v) is 7.80. The van der Waals surface area contributed by atoms with E-state index in [2.05, 4.69) is 44.8 Å². The number of nitrogens with zero attached hydrogens (tertiary/aromatic N) is 1. The van der Waals surface area contributed by atoms with Gasteiger partial charge in [0.25, 0.3) is 0 Å². The molecule has 0 saturated carbocycles. The Bertz CT molecular complexity index is 250. The molecule has 0 spiro atoms. The highest BCUT2D eigenvalue weighted by Gasteiger charge is 2.29. The number of hydrogen-bond donors (Lipinski definition) is 1. The van der Waals surface area contributed by atoms with Crippen LogP contribution >= 0.6 is 0 Å². The molecule has 2 heteroatoms. The first-order valence-corrected chi connectivity index (χ1v) is 9.52. The summed E-state index contributed by atoms with van der Waals surface area (Å²) in [6, 6.07) is 1.45. The van der Waals surface area contributed by atoms with E-state index in [1.54, 1.807) is 0 Å². The fourth-order valence-corrected chi connectivity index (χ4v) is 3.47. The molecule has 0 aromatic rings. The van der Waals surface area contributed by atoms with Crippen molar-refractivity contribution >= 4 is 0 Å². The Kier molecular flexibility index (Phi) is 9.59. The van der Waals surface area contributed by atoms with Gasteiger partial charge in [0.05, 0.1) is 0 Å². The van der Waals surface area contributed by atoms with Crippen molar-refractivity contribution in [3.63, 3.8) is 0 Å². The predicted octanol–water partition coefficient (Wildman–Crippen LogP) is 4.69. The number of piperazine rings is 1. The summed E-state index contributed by atoms with van der Waals surface area (Å²) >= 11 is 0. The van der Waals surface area contributed by atoms with E-state index in [0.717, 1.165) is 17.9 Å². The zero-order valence-electron chi connectivity index (χ0n) is 15.3. The molecule has 1 rings (SSSR count). The van der Waals surface area contributed by atoms with Crippen LogP contribution in [0.15, 0.2) is 0 Å². The van der Waals surface area contributed by atoms with Crippen molar-refractivity contribution in [2.45, 2.75) is 91.6 Å². The third-order valence-corrected chi connectivity index (χ3v) is 4.91. The minimum atomic E-state index is 0.688. The molecule has 0 aromatic carbocycles. The summed E-state index contributed by atoms with van der Waals surface area (Å²) in [4.78, 5) is 2.79. The van der Waals surface area contributed by atoms with Gasteiger partial charge in [0, 0.05) is 25.2 Å². The maximum atomic E-state index is 3.78. The fraction of sp³-hybridized carbons (Fsp3) is 1.00. The number of unbranched alkanes of at least 4 members (excludes halogenated alkanes) is 5. The van der Waals surface area contributed by atoms with Crippen LogP contribution in [0.5, 0.6) is 0 Å². The van der Waals surface area contributed by atoms with Gasteiger partial charge in [-0.1, -0.05) is 66.7 Å². The molecule has 2 atom stereocenters. The van der Waals surface area contributed by atoms with Crippen LogP contribution in [0.1, 0.15) is 79.6 Å².